The van der Waals surface area contributed by atoms with Crippen molar-refractivity contribution in [3.8, 4) is 0 Å². The van der Waals surface area contributed by atoms with E-state index in [9.17, 15) is 14.4 Å². The molecule has 0 bridgehead atoms. The Balaban J connectivity index is 2.63. The van der Waals surface area contributed by atoms with Crippen LogP contribution < -0.4 is 10.6 Å². The number of hydrogen-bond acceptors (Lipinski definition) is 3. The average molecular weight is 277 g/mol. The molecule has 0 unspecified atom stereocenters. The van der Waals surface area contributed by atoms with Crippen molar-refractivity contribution < 1.29 is 14.4 Å². The molecule has 0 saturated carbocycles. The van der Waals surface area contributed by atoms with Gasteiger partial charge in [-0.2, -0.15) is 0 Å². The fourth-order valence-electron chi connectivity index (χ4n) is 1.58. The molecule has 1 rings (SSSR count). The summed E-state index contributed by atoms with van der Waals surface area (Å²) in [5.41, 5.74) is 1.04. The first-order valence-corrected chi connectivity index (χ1v) is 6.34. The van der Waals surface area contributed by atoms with Crippen molar-refractivity contribution in [1.82, 2.24) is 10.2 Å². The Kier molecular flexibility index (Phi) is 5.71. The summed E-state index contributed by atoms with van der Waals surface area (Å²) in [6, 6.07) is 6.24. The smallest absolute Gasteiger partial charge is 0.322 e. The van der Waals surface area contributed by atoms with Crippen LogP contribution in [0, 0.1) is 0 Å². The molecule has 6 nitrogen and oxygen atoms in total. The van der Waals surface area contributed by atoms with Crippen LogP contribution in [-0.4, -0.2) is 42.8 Å². The third-order valence-electron chi connectivity index (χ3n) is 2.62. The van der Waals surface area contributed by atoms with E-state index in [-0.39, 0.29) is 18.2 Å². The lowest BCUT2D eigenvalue weighted by molar-refractivity contribution is -0.121. The zero-order valence-electron chi connectivity index (χ0n) is 11.9. The molecule has 1 aromatic carbocycles. The number of likely N-dealkylation sites (N-methyl/N-ethyl adjacent to an activating group) is 2. The van der Waals surface area contributed by atoms with Crippen molar-refractivity contribution in [2.75, 3.05) is 25.5 Å². The van der Waals surface area contributed by atoms with E-state index in [0.717, 1.165) is 0 Å². The Morgan fingerprint density at radius 2 is 1.95 bits per heavy atom. The summed E-state index contributed by atoms with van der Waals surface area (Å²) < 4.78 is 0. The highest BCUT2D eigenvalue weighted by Gasteiger charge is 2.12. The number of ketones is 1. The van der Waals surface area contributed by atoms with E-state index in [4.69, 9.17) is 0 Å². The van der Waals surface area contributed by atoms with Crippen LogP contribution in [0.1, 0.15) is 24.2 Å². The van der Waals surface area contributed by atoms with E-state index in [2.05, 4.69) is 10.6 Å². The van der Waals surface area contributed by atoms with E-state index in [1.807, 2.05) is 6.92 Å². The van der Waals surface area contributed by atoms with Crippen molar-refractivity contribution in [3.63, 3.8) is 0 Å². The van der Waals surface area contributed by atoms with Crippen LogP contribution in [0.5, 0.6) is 0 Å². The van der Waals surface area contributed by atoms with Crippen molar-refractivity contribution in [2.24, 2.45) is 0 Å². The third-order valence-corrected chi connectivity index (χ3v) is 2.62. The Hall–Kier alpha value is -2.37. The van der Waals surface area contributed by atoms with Crippen LogP contribution in [0.3, 0.4) is 0 Å². The topological polar surface area (TPSA) is 78.5 Å². The summed E-state index contributed by atoms with van der Waals surface area (Å²) in [5.74, 6) is -0.292. The Bertz CT molecular complexity index is 514. The van der Waals surface area contributed by atoms with Crippen LogP contribution in [-0.2, 0) is 4.79 Å². The molecule has 0 aliphatic heterocycles. The second-order valence-corrected chi connectivity index (χ2v) is 4.38. The Labute approximate surface area is 118 Å². The largest absolute Gasteiger partial charge is 0.355 e. The summed E-state index contributed by atoms with van der Waals surface area (Å²) >= 11 is 0. The number of anilines is 1. The van der Waals surface area contributed by atoms with Gasteiger partial charge in [-0.15, -0.1) is 0 Å². The van der Waals surface area contributed by atoms with Crippen LogP contribution in [0.15, 0.2) is 24.3 Å². The van der Waals surface area contributed by atoms with Gasteiger partial charge in [0.15, 0.2) is 5.78 Å². The van der Waals surface area contributed by atoms with Crippen LogP contribution in [0.2, 0.25) is 0 Å². The normalized spacial score (nSPS) is 9.75. The fourth-order valence-corrected chi connectivity index (χ4v) is 1.58. The van der Waals surface area contributed by atoms with Gasteiger partial charge in [0.1, 0.15) is 6.54 Å². The molecule has 1 aromatic rings. The SMILES string of the molecule is CCNC(=O)CN(C)C(=O)Nc1cccc(C(C)=O)c1. The molecule has 0 saturated heterocycles. The van der Waals surface area contributed by atoms with Crippen molar-refractivity contribution in [2.45, 2.75) is 13.8 Å². The highest BCUT2D eigenvalue weighted by Crippen LogP contribution is 2.11. The molecular weight excluding hydrogens is 258 g/mol. The van der Waals surface area contributed by atoms with Crippen molar-refractivity contribution in [1.29, 1.82) is 0 Å². The van der Waals surface area contributed by atoms with E-state index < -0.39 is 6.03 Å². The van der Waals surface area contributed by atoms with Gasteiger partial charge in [0, 0.05) is 24.8 Å². The molecule has 0 heterocycles. The minimum absolute atomic E-state index is 0.0218. The van der Waals surface area contributed by atoms with Gasteiger partial charge < -0.3 is 15.5 Å². The van der Waals surface area contributed by atoms with Crippen LogP contribution in [0.4, 0.5) is 10.5 Å². The summed E-state index contributed by atoms with van der Waals surface area (Å²) in [5, 5.41) is 5.25. The average Bonchev–Trinajstić information content (AvgIpc) is 2.39. The van der Waals surface area contributed by atoms with Gasteiger partial charge in [-0.25, -0.2) is 4.79 Å². The van der Waals surface area contributed by atoms with Gasteiger partial charge in [-0.05, 0) is 26.0 Å². The van der Waals surface area contributed by atoms with Gasteiger partial charge in [-0.3, -0.25) is 9.59 Å². The monoisotopic (exact) mass is 277 g/mol. The number of Topliss-reactive ketones (excluding diaryl/α,β-unsaturated/α-hetero) is 1. The molecular formula is C14H19N3O3. The first-order chi connectivity index (χ1) is 9.43. The number of benzene rings is 1. The molecule has 0 atom stereocenters. The first kappa shape index (κ1) is 15.7. The number of carbonyl (C=O) groups is 3. The predicted molar refractivity (Wildman–Crippen MR) is 76.8 cm³/mol. The van der Waals surface area contributed by atoms with E-state index >= 15 is 0 Å². The molecule has 108 valence electrons. The highest BCUT2D eigenvalue weighted by molar-refractivity contribution is 5.97. The molecule has 0 aliphatic rings. The van der Waals surface area contributed by atoms with Crippen molar-refractivity contribution in [3.05, 3.63) is 29.8 Å². The highest BCUT2D eigenvalue weighted by atomic mass is 16.2. The molecule has 0 aliphatic carbocycles. The number of nitrogens with one attached hydrogen (secondary N) is 2. The third kappa shape index (κ3) is 4.72. The van der Waals surface area contributed by atoms with Crippen molar-refractivity contribution >= 4 is 23.4 Å². The minimum Gasteiger partial charge on any atom is -0.355 e. The van der Waals surface area contributed by atoms with Gasteiger partial charge >= 0.3 is 6.03 Å². The second-order valence-electron chi connectivity index (χ2n) is 4.38. The number of urea groups is 1. The number of hydrogen-bond donors (Lipinski definition) is 2. The standard InChI is InChI=1S/C14H19N3O3/c1-4-15-13(19)9-17(3)14(20)16-12-7-5-6-11(8-12)10(2)18/h5-8H,4,9H2,1-3H3,(H,15,19)(H,16,20). The molecule has 0 aromatic heterocycles. The maximum Gasteiger partial charge on any atom is 0.322 e. The Morgan fingerprint density at radius 3 is 2.55 bits per heavy atom. The predicted octanol–water partition coefficient (Wildman–Crippen LogP) is 1.49. The fraction of sp³-hybridized carbons (Fsp3) is 0.357. The zero-order valence-corrected chi connectivity index (χ0v) is 11.9. The van der Waals surface area contributed by atoms with E-state index in [0.29, 0.717) is 17.8 Å². The Morgan fingerprint density at radius 1 is 1.25 bits per heavy atom. The molecule has 6 heteroatoms. The van der Waals surface area contributed by atoms with E-state index in [1.165, 1.54) is 18.9 Å². The van der Waals surface area contributed by atoms with Crippen LogP contribution >= 0.6 is 0 Å². The lowest BCUT2D eigenvalue weighted by Crippen LogP contribution is -2.40. The maximum atomic E-state index is 11.9. The summed E-state index contributed by atoms with van der Waals surface area (Å²) in [7, 11) is 1.53. The summed E-state index contributed by atoms with van der Waals surface area (Å²) in [6.45, 7) is 3.77. The summed E-state index contributed by atoms with van der Waals surface area (Å²) in [4.78, 5) is 35.8. The second kappa shape index (κ2) is 7.28. The number of carbonyl (C=O) groups excluding carboxylic acids is 3. The zero-order chi connectivity index (χ0) is 15.1. The molecule has 20 heavy (non-hydrogen) atoms. The minimum atomic E-state index is -0.406. The maximum absolute atomic E-state index is 11.9. The van der Waals surface area contributed by atoms with Gasteiger partial charge in [0.25, 0.3) is 0 Å². The van der Waals surface area contributed by atoms with Gasteiger partial charge in [0.2, 0.25) is 5.91 Å². The molecule has 0 spiro atoms. The lowest BCUT2D eigenvalue weighted by atomic mass is 10.1. The number of nitrogens with zero attached hydrogens (tertiary/aromatic N) is 1. The number of amides is 3. The quantitative estimate of drug-likeness (QED) is 0.800. The van der Waals surface area contributed by atoms with E-state index in [1.54, 1.807) is 24.3 Å². The number of rotatable bonds is 5. The first-order valence-electron chi connectivity index (χ1n) is 6.34. The van der Waals surface area contributed by atoms with Gasteiger partial charge in [-0.1, -0.05) is 12.1 Å². The van der Waals surface area contributed by atoms with Gasteiger partial charge in [0.05, 0.1) is 0 Å². The van der Waals surface area contributed by atoms with Crippen LogP contribution in [0.25, 0.3) is 0 Å². The molecule has 3 amide bonds. The molecule has 2 N–H and O–H groups in total. The lowest BCUT2D eigenvalue weighted by Gasteiger charge is -2.17. The molecule has 0 fully saturated rings. The molecule has 0 radical (unpaired) electrons. The summed E-state index contributed by atoms with van der Waals surface area (Å²) in [6.07, 6.45) is 0.